The topological polar surface area (TPSA) is 20.2 Å². The van der Waals surface area contributed by atoms with E-state index in [9.17, 15) is 5.11 Å². The van der Waals surface area contributed by atoms with E-state index >= 15 is 0 Å². The summed E-state index contributed by atoms with van der Waals surface area (Å²) in [6.07, 6.45) is 3.88. The van der Waals surface area contributed by atoms with E-state index in [0.29, 0.717) is 22.5 Å². The first-order valence-corrected chi connectivity index (χ1v) is 6.70. The molecule has 0 aliphatic heterocycles. The highest BCUT2D eigenvalue weighted by Crippen LogP contribution is 2.68. The van der Waals surface area contributed by atoms with Crippen LogP contribution in [0.2, 0.25) is 0 Å². The lowest BCUT2D eigenvalue weighted by molar-refractivity contribution is 0.156. The molecule has 0 heterocycles. The number of phenols is 1. The smallest absolute Gasteiger partial charge is 0.119 e. The summed E-state index contributed by atoms with van der Waals surface area (Å²) in [5.41, 5.74) is 2.07. The van der Waals surface area contributed by atoms with Gasteiger partial charge in [0.15, 0.2) is 0 Å². The summed E-state index contributed by atoms with van der Waals surface area (Å²) in [4.78, 5) is 0. The third kappa shape index (κ3) is 1.51. The monoisotopic (exact) mass is 230 g/mol. The molecule has 2 aliphatic rings. The Bertz CT molecular complexity index is 449. The predicted octanol–water partition coefficient (Wildman–Crippen LogP) is 4.32. The second-order valence-corrected chi connectivity index (χ2v) is 7.07. The number of fused-ring (bicyclic) bond motifs is 2. The van der Waals surface area contributed by atoms with Crippen LogP contribution in [0, 0.1) is 16.7 Å². The predicted molar refractivity (Wildman–Crippen MR) is 70.1 cm³/mol. The Labute approximate surface area is 104 Å². The summed E-state index contributed by atoms with van der Waals surface area (Å²) in [7, 11) is 0. The van der Waals surface area contributed by atoms with E-state index in [-0.39, 0.29) is 0 Å². The molecule has 1 N–H and O–H groups in total. The average molecular weight is 230 g/mol. The fourth-order valence-corrected chi connectivity index (χ4v) is 4.62. The summed E-state index contributed by atoms with van der Waals surface area (Å²) >= 11 is 0. The van der Waals surface area contributed by atoms with Gasteiger partial charge in [-0.1, -0.05) is 39.0 Å². The molecular weight excluding hydrogens is 208 g/mol. The lowest BCUT2D eigenvalue weighted by Crippen LogP contribution is -2.28. The average Bonchev–Trinajstić information content (AvgIpc) is 2.66. The highest BCUT2D eigenvalue weighted by Gasteiger charge is 2.57. The molecule has 0 unspecified atom stereocenters. The van der Waals surface area contributed by atoms with Crippen LogP contribution >= 0.6 is 0 Å². The van der Waals surface area contributed by atoms with Gasteiger partial charge in [-0.25, -0.2) is 0 Å². The van der Waals surface area contributed by atoms with Gasteiger partial charge in [0.1, 0.15) is 5.75 Å². The Morgan fingerprint density at radius 3 is 2.41 bits per heavy atom. The lowest BCUT2D eigenvalue weighted by atomic mass is 9.65. The van der Waals surface area contributed by atoms with Crippen LogP contribution in [0.4, 0.5) is 0 Å². The molecule has 3 rings (SSSR count). The summed E-state index contributed by atoms with van der Waals surface area (Å²) in [6, 6.07) is 7.91. The minimum atomic E-state index is 0.396. The number of hydrogen-bond acceptors (Lipinski definition) is 1. The molecule has 1 aromatic rings. The van der Waals surface area contributed by atoms with Crippen molar-refractivity contribution in [3.05, 3.63) is 29.8 Å². The van der Waals surface area contributed by atoms with E-state index in [1.807, 2.05) is 12.1 Å². The van der Waals surface area contributed by atoms with Gasteiger partial charge in [-0.05, 0) is 53.6 Å². The summed E-state index contributed by atoms with van der Waals surface area (Å²) in [5.74, 6) is 1.88. The standard InChI is InChI=1S/C16H22O/c1-15(2)10-16(3)9-11(15)8-13(16)12-6-4-5-7-14(12)17/h4-7,11,13,17H,8-10H2,1-3H3/t11-,13-,16-/m0/s1. The third-order valence-corrected chi connectivity index (χ3v) is 5.35. The number of rotatable bonds is 1. The Morgan fingerprint density at radius 1 is 1.18 bits per heavy atom. The van der Waals surface area contributed by atoms with Crippen molar-refractivity contribution in [1.82, 2.24) is 0 Å². The van der Waals surface area contributed by atoms with Crippen molar-refractivity contribution in [2.24, 2.45) is 16.7 Å². The zero-order valence-electron chi connectivity index (χ0n) is 11.0. The molecule has 3 atom stereocenters. The molecule has 17 heavy (non-hydrogen) atoms. The molecule has 0 amide bonds. The van der Waals surface area contributed by atoms with Crippen molar-refractivity contribution in [3.8, 4) is 5.75 Å². The van der Waals surface area contributed by atoms with Crippen LogP contribution in [0.5, 0.6) is 5.75 Å². The molecule has 2 aliphatic carbocycles. The Kier molecular flexibility index (Phi) is 2.14. The zero-order valence-corrected chi connectivity index (χ0v) is 11.0. The molecule has 0 spiro atoms. The van der Waals surface area contributed by atoms with Gasteiger partial charge in [0.05, 0.1) is 0 Å². The molecule has 1 aromatic carbocycles. The lowest BCUT2D eigenvalue weighted by Gasteiger charge is -2.39. The van der Waals surface area contributed by atoms with Gasteiger partial charge in [-0.15, -0.1) is 0 Å². The molecule has 2 fully saturated rings. The second kappa shape index (κ2) is 3.28. The highest BCUT2D eigenvalue weighted by molar-refractivity contribution is 5.38. The van der Waals surface area contributed by atoms with Gasteiger partial charge in [-0.3, -0.25) is 0 Å². The first kappa shape index (κ1) is 11.1. The number of phenolic OH excluding ortho intramolecular Hbond substituents is 1. The molecule has 0 radical (unpaired) electrons. The Hall–Kier alpha value is -0.980. The second-order valence-electron chi connectivity index (χ2n) is 7.07. The van der Waals surface area contributed by atoms with Crippen molar-refractivity contribution in [2.75, 3.05) is 0 Å². The van der Waals surface area contributed by atoms with Crippen LogP contribution in [-0.2, 0) is 0 Å². The van der Waals surface area contributed by atoms with E-state index in [1.54, 1.807) is 0 Å². The minimum absolute atomic E-state index is 0.396. The molecule has 1 nitrogen and oxygen atoms in total. The SMILES string of the molecule is CC1(C)C[C@]2(C)C[C@@H]1C[C@H]2c1ccccc1O. The molecule has 92 valence electrons. The summed E-state index contributed by atoms with van der Waals surface area (Å²) < 4.78 is 0. The van der Waals surface area contributed by atoms with Crippen molar-refractivity contribution < 1.29 is 5.11 Å². The van der Waals surface area contributed by atoms with Gasteiger partial charge in [0, 0.05) is 0 Å². The number of aromatic hydroxyl groups is 1. The van der Waals surface area contributed by atoms with Crippen LogP contribution in [0.3, 0.4) is 0 Å². The van der Waals surface area contributed by atoms with Crippen LogP contribution in [0.1, 0.15) is 51.5 Å². The molecule has 0 aromatic heterocycles. The van der Waals surface area contributed by atoms with Gasteiger partial charge in [-0.2, -0.15) is 0 Å². The fourth-order valence-electron chi connectivity index (χ4n) is 4.62. The molecule has 2 saturated carbocycles. The normalized spacial score (nSPS) is 38.5. The summed E-state index contributed by atoms with van der Waals surface area (Å²) in [5, 5.41) is 10.0. The van der Waals surface area contributed by atoms with Crippen LogP contribution in [0.15, 0.2) is 24.3 Å². The van der Waals surface area contributed by atoms with E-state index in [1.165, 1.54) is 24.8 Å². The van der Waals surface area contributed by atoms with Crippen molar-refractivity contribution in [1.29, 1.82) is 0 Å². The Morgan fingerprint density at radius 2 is 1.88 bits per heavy atom. The van der Waals surface area contributed by atoms with E-state index in [0.717, 1.165) is 5.92 Å². The minimum Gasteiger partial charge on any atom is -0.508 e. The maximum atomic E-state index is 10.0. The molecule has 1 heteroatoms. The summed E-state index contributed by atoms with van der Waals surface area (Å²) in [6.45, 7) is 7.23. The molecule has 2 bridgehead atoms. The van der Waals surface area contributed by atoms with Crippen LogP contribution < -0.4 is 0 Å². The van der Waals surface area contributed by atoms with Gasteiger partial charge < -0.3 is 5.11 Å². The maximum absolute atomic E-state index is 10.0. The Balaban J connectivity index is 1.97. The van der Waals surface area contributed by atoms with Crippen molar-refractivity contribution >= 4 is 0 Å². The number of hydrogen-bond donors (Lipinski definition) is 1. The molecule has 0 saturated heterocycles. The van der Waals surface area contributed by atoms with Crippen molar-refractivity contribution in [2.45, 2.75) is 46.0 Å². The zero-order chi connectivity index (χ0) is 12.3. The van der Waals surface area contributed by atoms with E-state index in [2.05, 4.69) is 32.9 Å². The quantitative estimate of drug-likeness (QED) is 0.761. The van der Waals surface area contributed by atoms with Gasteiger partial charge in [0.25, 0.3) is 0 Å². The van der Waals surface area contributed by atoms with Crippen LogP contribution in [0.25, 0.3) is 0 Å². The van der Waals surface area contributed by atoms with Crippen molar-refractivity contribution in [3.63, 3.8) is 0 Å². The first-order valence-electron chi connectivity index (χ1n) is 6.70. The maximum Gasteiger partial charge on any atom is 0.119 e. The third-order valence-electron chi connectivity index (χ3n) is 5.35. The number of benzene rings is 1. The van der Waals surface area contributed by atoms with Gasteiger partial charge in [0.2, 0.25) is 0 Å². The first-order chi connectivity index (χ1) is 7.92. The number of para-hydroxylation sites is 1. The molecular formula is C16H22O. The van der Waals surface area contributed by atoms with E-state index < -0.39 is 0 Å². The van der Waals surface area contributed by atoms with Crippen LogP contribution in [-0.4, -0.2) is 5.11 Å². The van der Waals surface area contributed by atoms with E-state index in [4.69, 9.17) is 0 Å². The largest absolute Gasteiger partial charge is 0.508 e. The highest BCUT2D eigenvalue weighted by atomic mass is 16.3. The van der Waals surface area contributed by atoms with Gasteiger partial charge >= 0.3 is 0 Å². The fraction of sp³-hybridized carbons (Fsp3) is 0.625.